The highest BCUT2D eigenvalue weighted by molar-refractivity contribution is 14.1. The fraction of sp³-hybridized carbons (Fsp3) is 0.391. The third-order valence-corrected chi connectivity index (χ3v) is 7.71. The average molecular weight is 585 g/mol. The number of benzene rings is 2. The van der Waals surface area contributed by atoms with Gasteiger partial charge in [0, 0.05) is 34.0 Å². The summed E-state index contributed by atoms with van der Waals surface area (Å²) < 4.78 is 34.9. The van der Waals surface area contributed by atoms with Crippen molar-refractivity contribution >= 4 is 50.3 Å². The number of carbonyl (C=O) groups is 2. The second-order valence-corrected chi connectivity index (χ2v) is 11.9. The molecule has 1 fully saturated rings. The van der Waals surface area contributed by atoms with E-state index in [2.05, 4.69) is 32.6 Å². The van der Waals surface area contributed by atoms with Crippen molar-refractivity contribution in [3.63, 3.8) is 0 Å². The number of amides is 2. The highest BCUT2D eigenvalue weighted by Crippen LogP contribution is 2.20. The molecular weight excluding hydrogens is 557 g/mol. The summed E-state index contributed by atoms with van der Waals surface area (Å²) in [6.45, 7) is 7.92. The van der Waals surface area contributed by atoms with Crippen LogP contribution in [0.3, 0.4) is 0 Å². The lowest BCUT2D eigenvalue weighted by Gasteiger charge is -2.24. The number of halogens is 1. The summed E-state index contributed by atoms with van der Waals surface area (Å²) in [4.78, 5) is 26.4. The zero-order valence-corrected chi connectivity index (χ0v) is 22.0. The predicted molar refractivity (Wildman–Crippen MR) is 135 cm³/mol. The lowest BCUT2D eigenvalue weighted by atomic mass is 10.2. The summed E-state index contributed by atoms with van der Waals surface area (Å²) >= 11 is 2.21. The maximum atomic E-state index is 12.9. The molecule has 178 valence electrons. The Morgan fingerprint density at radius 3 is 2.55 bits per heavy atom. The van der Waals surface area contributed by atoms with E-state index in [9.17, 15) is 18.0 Å². The predicted octanol–water partition coefficient (Wildman–Crippen LogP) is 4.14. The van der Waals surface area contributed by atoms with Crippen molar-refractivity contribution in [2.75, 3.05) is 18.4 Å². The normalized spacial score (nSPS) is 16.5. The summed E-state index contributed by atoms with van der Waals surface area (Å²) in [5.41, 5.74) is 1.28. The summed E-state index contributed by atoms with van der Waals surface area (Å²) in [7, 11) is -3.88. The van der Waals surface area contributed by atoms with Crippen LogP contribution in [0.1, 0.15) is 43.1 Å². The van der Waals surface area contributed by atoms with Crippen LogP contribution in [0.5, 0.6) is 0 Å². The lowest BCUT2D eigenvalue weighted by Crippen LogP contribution is -2.40. The van der Waals surface area contributed by atoms with E-state index in [1.165, 1.54) is 23.1 Å². The Kier molecular flexibility index (Phi) is 7.69. The van der Waals surface area contributed by atoms with Crippen molar-refractivity contribution in [1.29, 1.82) is 0 Å². The average Bonchev–Trinajstić information content (AvgIpc) is 3.17. The Morgan fingerprint density at radius 1 is 1.15 bits per heavy atom. The van der Waals surface area contributed by atoms with Gasteiger partial charge in [-0.15, -0.1) is 0 Å². The van der Waals surface area contributed by atoms with Gasteiger partial charge in [0.1, 0.15) is 5.60 Å². The van der Waals surface area contributed by atoms with Crippen molar-refractivity contribution in [2.24, 2.45) is 0 Å². The lowest BCUT2D eigenvalue weighted by molar-refractivity contribution is 0.0291. The molecular formula is C23H28IN3O5S. The molecule has 1 heterocycles. The highest BCUT2D eigenvalue weighted by Gasteiger charge is 2.32. The second kappa shape index (κ2) is 9.98. The molecule has 0 saturated carbocycles. The van der Waals surface area contributed by atoms with Gasteiger partial charge < -0.3 is 15.0 Å². The first-order valence-electron chi connectivity index (χ1n) is 10.5. The van der Waals surface area contributed by atoms with Crippen LogP contribution in [0, 0.1) is 10.5 Å². The summed E-state index contributed by atoms with van der Waals surface area (Å²) in [6.07, 6.45) is 0.0128. The first kappa shape index (κ1) is 25.4. The van der Waals surface area contributed by atoms with Crippen molar-refractivity contribution in [2.45, 2.75) is 50.7 Å². The number of rotatable bonds is 5. The molecule has 33 heavy (non-hydrogen) atoms. The van der Waals surface area contributed by atoms with Gasteiger partial charge in [-0.05, 0) is 98.7 Å². The number of aryl methyl sites for hydroxylation is 1. The molecule has 3 rings (SSSR count). The number of ether oxygens (including phenoxy) is 1. The third kappa shape index (κ3) is 6.90. The van der Waals surface area contributed by atoms with Gasteiger partial charge in [0.15, 0.2) is 0 Å². The maximum Gasteiger partial charge on any atom is 0.410 e. The molecule has 2 aromatic carbocycles. The van der Waals surface area contributed by atoms with Gasteiger partial charge in [0.25, 0.3) is 5.91 Å². The highest BCUT2D eigenvalue weighted by atomic mass is 127. The number of nitrogens with one attached hydrogen (secondary N) is 2. The molecule has 1 aliphatic rings. The van der Waals surface area contributed by atoms with Crippen LogP contribution in [0.4, 0.5) is 10.5 Å². The van der Waals surface area contributed by atoms with Crippen LogP contribution in [0.15, 0.2) is 47.4 Å². The molecule has 10 heteroatoms. The molecule has 8 nitrogen and oxygen atoms in total. The van der Waals surface area contributed by atoms with E-state index in [1.807, 2.05) is 19.1 Å². The van der Waals surface area contributed by atoms with E-state index in [1.54, 1.807) is 32.9 Å². The number of likely N-dealkylation sites (tertiary alicyclic amines) is 1. The molecule has 1 aliphatic heterocycles. The number of sulfonamides is 1. The van der Waals surface area contributed by atoms with Crippen LogP contribution < -0.4 is 10.0 Å². The zero-order chi connectivity index (χ0) is 24.4. The van der Waals surface area contributed by atoms with Crippen LogP contribution in [-0.4, -0.2) is 50.1 Å². The fourth-order valence-corrected chi connectivity index (χ4v) is 5.01. The van der Waals surface area contributed by atoms with Crippen molar-refractivity contribution in [3.8, 4) is 0 Å². The molecule has 2 amide bonds. The van der Waals surface area contributed by atoms with Crippen molar-refractivity contribution in [3.05, 3.63) is 57.2 Å². The number of nitrogens with zero attached hydrogens (tertiary/aromatic N) is 1. The smallest absolute Gasteiger partial charge is 0.410 e. The van der Waals surface area contributed by atoms with Gasteiger partial charge in [-0.3, -0.25) is 4.79 Å². The SMILES string of the molecule is Cc1cc(NC(=O)c2cccc(S(=O)(=O)NC3CCN(C(=O)OC(C)(C)C)C3)c2)ccc1I. The van der Waals surface area contributed by atoms with Crippen LogP contribution >= 0.6 is 22.6 Å². The molecule has 2 aromatic rings. The van der Waals surface area contributed by atoms with Crippen LogP contribution in [0.25, 0.3) is 0 Å². The topological polar surface area (TPSA) is 105 Å². The monoisotopic (exact) mass is 585 g/mol. The molecule has 2 N–H and O–H groups in total. The number of carbonyl (C=O) groups excluding carboxylic acids is 2. The third-order valence-electron chi connectivity index (χ3n) is 4.98. The molecule has 1 saturated heterocycles. The molecule has 0 radical (unpaired) electrons. The minimum Gasteiger partial charge on any atom is -0.444 e. The molecule has 0 aromatic heterocycles. The first-order chi connectivity index (χ1) is 15.3. The summed E-state index contributed by atoms with van der Waals surface area (Å²) in [5.74, 6) is -0.398. The Hall–Kier alpha value is -2.18. The number of anilines is 1. The quantitative estimate of drug-likeness (QED) is 0.514. The molecule has 0 bridgehead atoms. The van der Waals surface area contributed by atoms with E-state index in [4.69, 9.17) is 4.74 Å². The minimum absolute atomic E-state index is 0.00958. The Morgan fingerprint density at radius 2 is 1.88 bits per heavy atom. The largest absolute Gasteiger partial charge is 0.444 e. The first-order valence-corrected chi connectivity index (χ1v) is 13.1. The van der Waals surface area contributed by atoms with E-state index in [-0.39, 0.29) is 17.0 Å². The van der Waals surface area contributed by atoms with Crippen molar-refractivity contribution < 1.29 is 22.7 Å². The number of hydrogen-bond donors (Lipinski definition) is 2. The molecule has 0 spiro atoms. The van der Waals surface area contributed by atoms with Crippen LogP contribution in [0.2, 0.25) is 0 Å². The van der Waals surface area contributed by atoms with Gasteiger partial charge in [0.2, 0.25) is 10.0 Å². The number of hydrogen-bond acceptors (Lipinski definition) is 5. The van der Waals surface area contributed by atoms with Gasteiger partial charge in [-0.2, -0.15) is 0 Å². The second-order valence-electron chi connectivity index (χ2n) is 8.98. The van der Waals surface area contributed by atoms with E-state index < -0.39 is 33.7 Å². The van der Waals surface area contributed by atoms with E-state index >= 15 is 0 Å². The standard InChI is InChI=1S/C23H28IN3O5S/c1-15-12-17(8-9-20(15)24)25-21(28)16-6-5-7-19(13-16)33(30,31)26-18-10-11-27(14-18)22(29)32-23(2,3)4/h5-9,12-13,18,26H,10-11,14H2,1-4H3,(H,25,28). The molecule has 1 unspecified atom stereocenters. The molecule has 0 aliphatic carbocycles. The Balaban J connectivity index is 1.67. The van der Waals surface area contributed by atoms with Gasteiger partial charge in [0.05, 0.1) is 4.90 Å². The van der Waals surface area contributed by atoms with Gasteiger partial charge in [-0.25, -0.2) is 17.9 Å². The molecule has 1 atom stereocenters. The summed E-state index contributed by atoms with van der Waals surface area (Å²) in [5, 5.41) is 2.80. The Labute approximate surface area is 208 Å². The Bertz CT molecular complexity index is 1160. The van der Waals surface area contributed by atoms with E-state index in [0.717, 1.165) is 9.13 Å². The maximum absolute atomic E-state index is 12.9. The van der Waals surface area contributed by atoms with Crippen LogP contribution in [-0.2, 0) is 14.8 Å². The fourth-order valence-electron chi connectivity index (χ4n) is 3.37. The van der Waals surface area contributed by atoms with E-state index in [0.29, 0.717) is 18.7 Å². The zero-order valence-electron chi connectivity index (χ0n) is 19.0. The summed E-state index contributed by atoms with van der Waals surface area (Å²) in [6, 6.07) is 11.0. The van der Waals surface area contributed by atoms with Gasteiger partial charge in [-0.1, -0.05) is 6.07 Å². The van der Waals surface area contributed by atoms with Crippen molar-refractivity contribution in [1.82, 2.24) is 9.62 Å². The minimum atomic E-state index is -3.88. The van der Waals surface area contributed by atoms with Gasteiger partial charge >= 0.3 is 6.09 Å².